The van der Waals surface area contributed by atoms with E-state index in [4.69, 9.17) is 10.5 Å². The number of hydrogen-bond acceptors (Lipinski definition) is 5. The van der Waals surface area contributed by atoms with Crippen LogP contribution in [0.2, 0.25) is 0 Å². The fourth-order valence-corrected chi connectivity index (χ4v) is 2.74. The third kappa shape index (κ3) is 2.88. The molecule has 17 heavy (non-hydrogen) atoms. The molecule has 2 heterocycles. The molecule has 5 nitrogen and oxygen atoms in total. The number of aromatic nitrogens is 2. The molecule has 0 radical (unpaired) electrons. The van der Waals surface area contributed by atoms with Crippen LogP contribution < -0.4 is 10.5 Å². The lowest BCUT2D eigenvalue weighted by atomic mass is 10.3. The molecule has 88 valence electrons. The third-order valence-electron chi connectivity index (χ3n) is 1.70. The lowest BCUT2D eigenvalue weighted by molar-refractivity contribution is 0.212. The Bertz CT molecular complexity index is 575. The molecule has 0 fully saturated rings. The van der Waals surface area contributed by atoms with Crippen molar-refractivity contribution in [1.29, 1.82) is 0 Å². The lowest BCUT2D eigenvalue weighted by Gasteiger charge is -1.94. The van der Waals surface area contributed by atoms with Gasteiger partial charge in [0.1, 0.15) is 10.8 Å². The highest BCUT2D eigenvalue weighted by Crippen LogP contribution is 2.34. The average Bonchev–Trinajstić information content (AvgIpc) is 2.59. The Hall–Kier alpha value is -1.29. The van der Waals surface area contributed by atoms with Crippen LogP contribution in [-0.2, 0) is 0 Å². The number of nitrogens with zero attached hydrogens (tertiary/aromatic N) is 2. The number of pyridine rings is 1. The van der Waals surface area contributed by atoms with Crippen molar-refractivity contribution >= 4 is 40.0 Å². The number of carbonyl (C=O) groups excluding carboxylic acids is 1. The van der Waals surface area contributed by atoms with Gasteiger partial charge in [-0.2, -0.15) is 0 Å². The number of thiazole rings is 1. The summed E-state index contributed by atoms with van der Waals surface area (Å²) in [5, 5.41) is 0.801. The maximum Gasteiger partial charge on any atom is 0.410 e. The van der Waals surface area contributed by atoms with E-state index in [9.17, 15) is 9.18 Å². The number of primary amides is 1. The Balaban J connectivity index is 2.37. The minimum Gasteiger partial charge on any atom is -0.396 e. The highest BCUT2D eigenvalue weighted by molar-refractivity contribution is 14.1. The predicted molar refractivity (Wildman–Crippen MR) is 68.2 cm³/mol. The Morgan fingerprint density at radius 3 is 2.94 bits per heavy atom. The van der Waals surface area contributed by atoms with Crippen molar-refractivity contribution in [2.45, 2.75) is 0 Å². The molecule has 2 aromatic rings. The molecule has 0 atom stereocenters. The number of ether oxygens (including phenoxy) is 1. The molecular weight excluding hydrogens is 360 g/mol. The van der Waals surface area contributed by atoms with Gasteiger partial charge in [0.25, 0.3) is 0 Å². The van der Waals surface area contributed by atoms with Crippen LogP contribution in [0.1, 0.15) is 0 Å². The van der Waals surface area contributed by atoms with E-state index < -0.39 is 11.9 Å². The van der Waals surface area contributed by atoms with Crippen LogP contribution in [0.4, 0.5) is 9.18 Å². The van der Waals surface area contributed by atoms with Crippen LogP contribution in [-0.4, -0.2) is 16.1 Å². The van der Waals surface area contributed by atoms with Crippen molar-refractivity contribution in [2.24, 2.45) is 5.73 Å². The summed E-state index contributed by atoms with van der Waals surface area (Å²) in [6, 6.07) is 1.30. The van der Waals surface area contributed by atoms with E-state index in [1.165, 1.54) is 12.3 Å². The van der Waals surface area contributed by atoms with Crippen molar-refractivity contribution in [3.63, 3.8) is 0 Å². The monoisotopic (exact) mass is 365 g/mol. The van der Waals surface area contributed by atoms with E-state index in [1.807, 2.05) is 22.6 Å². The topological polar surface area (TPSA) is 78.1 Å². The SMILES string of the molecule is NC(=O)Oc1sc(-c2cncc(F)c2)nc1I. The maximum absolute atomic E-state index is 13.0. The first-order valence-corrected chi connectivity index (χ1v) is 6.20. The molecule has 0 bridgehead atoms. The zero-order valence-electron chi connectivity index (χ0n) is 8.18. The molecule has 0 aliphatic rings. The summed E-state index contributed by atoms with van der Waals surface area (Å²) in [5.74, 6) is -0.454. The quantitative estimate of drug-likeness (QED) is 0.830. The molecule has 2 rings (SSSR count). The van der Waals surface area contributed by atoms with Gasteiger partial charge in [0.2, 0.25) is 5.06 Å². The Morgan fingerprint density at radius 1 is 1.53 bits per heavy atom. The summed E-state index contributed by atoms with van der Waals surface area (Å²) in [4.78, 5) is 18.5. The predicted octanol–water partition coefficient (Wildman–Crippen LogP) is 2.41. The Labute approximate surface area is 113 Å². The summed E-state index contributed by atoms with van der Waals surface area (Å²) < 4.78 is 18.2. The molecule has 8 heteroatoms. The number of carbonyl (C=O) groups is 1. The van der Waals surface area contributed by atoms with Crippen molar-refractivity contribution < 1.29 is 13.9 Å². The summed E-state index contributed by atoms with van der Waals surface area (Å²) in [5.41, 5.74) is 5.43. The molecule has 0 unspecified atom stereocenters. The largest absolute Gasteiger partial charge is 0.410 e. The maximum atomic E-state index is 13.0. The lowest BCUT2D eigenvalue weighted by Crippen LogP contribution is -2.15. The highest BCUT2D eigenvalue weighted by atomic mass is 127. The van der Waals surface area contributed by atoms with E-state index >= 15 is 0 Å². The zero-order chi connectivity index (χ0) is 12.4. The molecule has 1 amide bonds. The average molecular weight is 365 g/mol. The summed E-state index contributed by atoms with van der Waals surface area (Å²) in [6.45, 7) is 0. The molecule has 0 aliphatic heterocycles. The van der Waals surface area contributed by atoms with Crippen LogP contribution in [0.15, 0.2) is 18.5 Å². The Morgan fingerprint density at radius 2 is 2.29 bits per heavy atom. The highest BCUT2D eigenvalue weighted by Gasteiger charge is 2.14. The van der Waals surface area contributed by atoms with Crippen LogP contribution in [0, 0.1) is 9.52 Å². The normalized spacial score (nSPS) is 10.2. The molecule has 2 aromatic heterocycles. The second-order valence-electron chi connectivity index (χ2n) is 2.91. The van der Waals surface area contributed by atoms with E-state index in [2.05, 4.69) is 9.97 Å². The zero-order valence-corrected chi connectivity index (χ0v) is 11.2. The van der Waals surface area contributed by atoms with Crippen LogP contribution >= 0.6 is 33.9 Å². The first-order chi connectivity index (χ1) is 8.06. The first kappa shape index (κ1) is 12.2. The van der Waals surface area contributed by atoms with E-state index in [0.29, 0.717) is 14.3 Å². The van der Waals surface area contributed by atoms with Gasteiger partial charge in [0.05, 0.1) is 6.20 Å². The van der Waals surface area contributed by atoms with Gasteiger partial charge in [-0.15, -0.1) is 0 Å². The van der Waals surface area contributed by atoms with E-state index in [0.717, 1.165) is 17.5 Å². The molecule has 0 saturated carbocycles. The summed E-state index contributed by atoms with van der Waals surface area (Å²) in [6.07, 6.45) is 1.67. The molecule has 0 saturated heterocycles. The van der Waals surface area contributed by atoms with Gasteiger partial charge in [-0.05, 0) is 28.7 Å². The van der Waals surface area contributed by atoms with Crippen molar-refractivity contribution in [1.82, 2.24) is 9.97 Å². The minimum absolute atomic E-state index is 0.289. The fraction of sp³-hybridized carbons (Fsp3) is 0. The number of amides is 1. The van der Waals surface area contributed by atoms with Crippen molar-refractivity contribution in [3.8, 4) is 15.6 Å². The number of halogens is 2. The van der Waals surface area contributed by atoms with Crippen molar-refractivity contribution in [2.75, 3.05) is 0 Å². The number of rotatable bonds is 2. The molecule has 2 N–H and O–H groups in total. The number of nitrogens with two attached hydrogens (primary N) is 1. The molecular formula is C9H5FIN3O2S. The molecule has 0 spiro atoms. The van der Waals surface area contributed by atoms with Gasteiger partial charge in [-0.1, -0.05) is 11.3 Å². The van der Waals surface area contributed by atoms with Gasteiger partial charge < -0.3 is 10.5 Å². The second kappa shape index (κ2) is 4.92. The number of hydrogen-bond donors (Lipinski definition) is 1. The second-order valence-corrected chi connectivity index (χ2v) is 4.89. The van der Waals surface area contributed by atoms with Crippen molar-refractivity contribution in [3.05, 3.63) is 28.0 Å². The Kier molecular flexibility index (Phi) is 3.52. The molecule has 0 aromatic carbocycles. The summed E-state index contributed by atoms with van der Waals surface area (Å²) >= 11 is 3.00. The van der Waals surface area contributed by atoms with E-state index in [-0.39, 0.29) is 5.06 Å². The fourth-order valence-electron chi connectivity index (χ4n) is 1.09. The third-order valence-corrected chi connectivity index (χ3v) is 3.78. The standard InChI is InChI=1S/C9H5FIN3O2S/c10-5-1-4(2-13-3-5)7-14-6(11)8(17-7)16-9(12)15/h1-3H,(H2,12,15). The van der Waals surface area contributed by atoms with E-state index in [1.54, 1.807) is 0 Å². The smallest absolute Gasteiger partial charge is 0.396 e. The van der Waals surface area contributed by atoms with Gasteiger partial charge in [-0.3, -0.25) is 4.98 Å². The van der Waals surface area contributed by atoms with Gasteiger partial charge in [0.15, 0.2) is 3.70 Å². The minimum atomic E-state index is -0.907. The first-order valence-electron chi connectivity index (χ1n) is 4.31. The van der Waals surface area contributed by atoms with Gasteiger partial charge >= 0.3 is 6.09 Å². The summed E-state index contributed by atoms with van der Waals surface area (Å²) in [7, 11) is 0. The van der Waals surface area contributed by atoms with Gasteiger partial charge in [-0.25, -0.2) is 14.2 Å². The van der Waals surface area contributed by atoms with Crippen LogP contribution in [0.25, 0.3) is 10.6 Å². The van der Waals surface area contributed by atoms with Crippen LogP contribution in [0.5, 0.6) is 5.06 Å². The van der Waals surface area contributed by atoms with Crippen LogP contribution in [0.3, 0.4) is 0 Å². The van der Waals surface area contributed by atoms with Gasteiger partial charge in [0, 0.05) is 11.8 Å². The molecule has 0 aliphatic carbocycles.